The maximum atomic E-state index is 12.8. The second-order valence-electron chi connectivity index (χ2n) is 9.56. The highest BCUT2D eigenvalue weighted by atomic mass is 35.5. The van der Waals surface area contributed by atoms with E-state index >= 15 is 0 Å². The topological polar surface area (TPSA) is 135 Å². The number of likely N-dealkylation sites (tertiary alicyclic amines) is 2. The van der Waals surface area contributed by atoms with E-state index in [1.807, 2.05) is 23.9 Å². The zero-order valence-electron chi connectivity index (χ0n) is 21.0. The molecule has 37 heavy (non-hydrogen) atoms. The van der Waals surface area contributed by atoms with Crippen molar-refractivity contribution in [3.8, 4) is 11.3 Å². The number of nitrogens with zero attached hydrogens (tertiary/aromatic N) is 5. The van der Waals surface area contributed by atoms with E-state index in [1.54, 1.807) is 15.9 Å². The van der Waals surface area contributed by atoms with Gasteiger partial charge in [-0.2, -0.15) is 5.10 Å². The number of carbonyl (C=O) groups is 2. The number of benzene rings is 1. The van der Waals surface area contributed by atoms with E-state index in [4.69, 9.17) is 34.7 Å². The first kappa shape index (κ1) is 27.1. The Balaban J connectivity index is 1.29. The first-order chi connectivity index (χ1) is 17.7. The van der Waals surface area contributed by atoms with Crippen LogP contribution in [0.25, 0.3) is 11.3 Å². The summed E-state index contributed by atoms with van der Waals surface area (Å²) in [6.45, 7) is 3.01. The van der Waals surface area contributed by atoms with Gasteiger partial charge in [-0.25, -0.2) is 9.79 Å². The number of urea groups is 1. The highest BCUT2D eigenvalue weighted by Crippen LogP contribution is 2.35. The Labute approximate surface area is 226 Å². The predicted octanol–water partition coefficient (Wildman–Crippen LogP) is 2.94. The molecule has 0 bridgehead atoms. The van der Waals surface area contributed by atoms with E-state index in [1.165, 1.54) is 0 Å². The smallest absolute Gasteiger partial charge is 0.317 e. The zero-order valence-corrected chi connectivity index (χ0v) is 22.5. The summed E-state index contributed by atoms with van der Waals surface area (Å²) < 4.78 is 1.88. The highest BCUT2D eigenvalue weighted by molar-refractivity contribution is 6.43. The Kier molecular flexibility index (Phi) is 8.81. The fourth-order valence-corrected chi connectivity index (χ4v) is 5.47. The molecule has 0 aliphatic carbocycles. The van der Waals surface area contributed by atoms with E-state index in [2.05, 4.69) is 21.5 Å². The van der Waals surface area contributed by atoms with Gasteiger partial charge in [-0.05, 0) is 44.2 Å². The van der Waals surface area contributed by atoms with Crippen molar-refractivity contribution >= 4 is 41.1 Å². The SMILES string of the molecule is Cn1nc(-c2cccc(Cl)c2Cl)cc1C1CCN(C(=O)NCC[C@H](N=C(N)N)C(=O)N2CCCC2)CC1. The second-order valence-corrected chi connectivity index (χ2v) is 10.3. The van der Waals surface area contributed by atoms with Gasteiger partial charge in [0.25, 0.3) is 0 Å². The van der Waals surface area contributed by atoms with Crippen molar-refractivity contribution in [2.75, 3.05) is 32.7 Å². The van der Waals surface area contributed by atoms with Gasteiger partial charge in [0.15, 0.2) is 5.96 Å². The van der Waals surface area contributed by atoms with Crippen molar-refractivity contribution in [2.24, 2.45) is 23.5 Å². The third-order valence-electron chi connectivity index (χ3n) is 7.05. The standard InChI is InChI=1S/C25H34Cl2N8O2/c1-33-21(15-20(32-33)17-5-4-6-18(26)22(17)27)16-8-13-35(14-9-16)25(37)30-10-7-19(31-24(28)29)23(36)34-11-2-3-12-34/h4-6,15-16,19H,2-3,7-14H2,1H3,(H,30,37)(H4,28,29,31)/t19-/m0/s1. The molecule has 1 aromatic heterocycles. The normalized spacial score (nSPS) is 17.1. The largest absolute Gasteiger partial charge is 0.370 e. The Morgan fingerprint density at radius 3 is 2.51 bits per heavy atom. The Bertz CT molecular complexity index is 1150. The third-order valence-corrected chi connectivity index (χ3v) is 7.86. The van der Waals surface area contributed by atoms with Gasteiger partial charge in [0.2, 0.25) is 5.91 Å². The van der Waals surface area contributed by atoms with Gasteiger partial charge >= 0.3 is 6.03 Å². The van der Waals surface area contributed by atoms with Crippen LogP contribution in [0.3, 0.4) is 0 Å². The summed E-state index contributed by atoms with van der Waals surface area (Å²) in [6, 6.07) is 6.75. The number of aliphatic imine (C=N–C) groups is 1. The lowest BCUT2D eigenvalue weighted by Crippen LogP contribution is -2.46. The molecular formula is C25H34Cl2N8O2. The Morgan fingerprint density at radius 2 is 1.84 bits per heavy atom. The maximum absolute atomic E-state index is 12.8. The van der Waals surface area contributed by atoms with E-state index in [9.17, 15) is 9.59 Å². The zero-order chi connectivity index (χ0) is 26.5. The first-order valence-corrected chi connectivity index (χ1v) is 13.4. The van der Waals surface area contributed by atoms with E-state index in [0.29, 0.717) is 36.1 Å². The highest BCUT2D eigenvalue weighted by Gasteiger charge is 2.28. The molecule has 0 radical (unpaired) electrons. The summed E-state index contributed by atoms with van der Waals surface area (Å²) in [5.74, 6) is 0.0649. The summed E-state index contributed by atoms with van der Waals surface area (Å²) in [5, 5.41) is 8.57. The number of aryl methyl sites for hydroxylation is 1. The maximum Gasteiger partial charge on any atom is 0.317 e. The van der Waals surface area contributed by atoms with Crippen molar-refractivity contribution < 1.29 is 9.59 Å². The molecular weight excluding hydrogens is 515 g/mol. The van der Waals surface area contributed by atoms with Gasteiger partial charge in [0.05, 0.1) is 15.7 Å². The Morgan fingerprint density at radius 1 is 1.14 bits per heavy atom. The summed E-state index contributed by atoms with van der Waals surface area (Å²) in [6.07, 6.45) is 3.96. The van der Waals surface area contributed by atoms with Crippen LogP contribution < -0.4 is 16.8 Å². The molecule has 12 heteroatoms. The summed E-state index contributed by atoms with van der Waals surface area (Å²) in [5.41, 5.74) is 13.8. The molecule has 1 aromatic carbocycles. The number of carbonyl (C=O) groups excluding carboxylic acids is 2. The molecule has 2 aliphatic rings. The van der Waals surface area contributed by atoms with Crippen molar-refractivity contribution in [3.05, 3.63) is 40.0 Å². The van der Waals surface area contributed by atoms with Gasteiger partial charge in [-0.15, -0.1) is 0 Å². The molecule has 10 nitrogen and oxygen atoms in total. The summed E-state index contributed by atoms with van der Waals surface area (Å²) in [7, 11) is 1.92. The molecule has 200 valence electrons. The number of rotatable bonds is 7. The number of nitrogens with two attached hydrogens (primary N) is 2. The van der Waals surface area contributed by atoms with Gasteiger partial charge < -0.3 is 26.6 Å². The number of guanidine groups is 1. The number of piperidine rings is 1. The van der Waals surface area contributed by atoms with Gasteiger partial charge in [0, 0.05) is 56.9 Å². The van der Waals surface area contributed by atoms with Gasteiger partial charge in [-0.3, -0.25) is 9.48 Å². The molecule has 2 aromatic rings. The molecule has 1 atom stereocenters. The van der Waals surface area contributed by atoms with E-state index in [-0.39, 0.29) is 23.8 Å². The van der Waals surface area contributed by atoms with Crippen molar-refractivity contribution in [1.82, 2.24) is 24.9 Å². The molecule has 3 amide bonds. The van der Waals surface area contributed by atoms with Crippen LogP contribution in [0.5, 0.6) is 0 Å². The number of hydrogen-bond donors (Lipinski definition) is 3. The average Bonchev–Trinajstić information content (AvgIpc) is 3.55. The van der Waals surface area contributed by atoms with Crippen LogP contribution in [-0.4, -0.2) is 76.2 Å². The fraction of sp³-hybridized carbons (Fsp3) is 0.520. The minimum atomic E-state index is -0.679. The van der Waals surface area contributed by atoms with Crippen LogP contribution in [0.15, 0.2) is 29.3 Å². The summed E-state index contributed by atoms with van der Waals surface area (Å²) in [4.78, 5) is 33.2. The third kappa shape index (κ3) is 6.48. The van der Waals surface area contributed by atoms with Gasteiger partial charge in [-0.1, -0.05) is 35.3 Å². The van der Waals surface area contributed by atoms with Crippen molar-refractivity contribution in [1.29, 1.82) is 0 Å². The number of nitrogens with one attached hydrogen (secondary N) is 1. The molecule has 5 N–H and O–H groups in total. The van der Waals surface area contributed by atoms with E-state index < -0.39 is 6.04 Å². The van der Waals surface area contributed by atoms with Crippen LogP contribution in [-0.2, 0) is 11.8 Å². The molecule has 0 saturated carbocycles. The van der Waals surface area contributed by atoms with Crippen LogP contribution in [0, 0.1) is 0 Å². The van der Waals surface area contributed by atoms with Crippen LogP contribution in [0.2, 0.25) is 10.0 Å². The van der Waals surface area contributed by atoms with E-state index in [0.717, 1.165) is 55.7 Å². The quantitative estimate of drug-likeness (QED) is 0.361. The minimum absolute atomic E-state index is 0.0874. The fourth-order valence-electron chi connectivity index (χ4n) is 5.07. The molecule has 4 rings (SSSR count). The number of aromatic nitrogens is 2. The lowest BCUT2D eigenvalue weighted by Gasteiger charge is -2.32. The number of hydrogen-bond acceptors (Lipinski definition) is 4. The molecule has 2 saturated heterocycles. The minimum Gasteiger partial charge on any atom is -0.370 e. The molecule has 3 heterocycles. The van der Waals surface area contributed by atoms with Gasteiger partial charge in [0.1, 0.15) is 6.04 Å². The van der Waals surface area contributed by atoms with Crippen molar-refractivity contribution in [2.45, 2.75) is 44.1 Å². The second kappa shape index (κ2) is 12.0. The number of amides is 3. The van der Waals surface area contributed by atoms with Crippen LogP contribution >= 0.6 is 23.2 Å². The lowest BCUT2D eigenvalue weighted by atomic mass is 9.93. The van der Waals surface area contributed by atoms with Crippen LogP contribution in [0.4, 0.5) is 4.79 Å². The lowest BCUT2D eigenvalue weighted by molar-refractivity contribution is -0.131. The number of halogens is 2. The molecule has 0 unspecified atom stereocenters. The monoisotopic (exact) mass is 548 g/mol. The molecule has 0 spiro atoms. The average molecular weight is 550 g/mol. The predicted molar refractivity (Wildman–Crippen MR) is 146 cm³/mol. The Hall–Kier alpha value is -2.98. The van der Waals surface area contributed by atoms with Crippen LogP contribution in [0.1, 0.15) is 43.7 Å². The molecule has 2 fully saturated rings. The summed E-state index contributed by atoms with van der Waals surface area (Å²) >= 11 is 12.6. The van der Waals surface area contributed by atoms with Crippen molar-refractivity contribution in [3.63, 3.8) is 0 Å². The molecule has 2 aliphatic heterocycles. The first-order valence-electron chi connectivity index (χ1n) is 12.6.